The second kappa shape index (κ2) is 14.3. The van der Waals surface area contributed by atoms with Crippen molar-refractivity contribution in [2.24, 2.45) is 0 Å². The van der Waals surface area contributed by atoms with Crippen LogP contribution in [0.4, 0.5) is 5.69 Å². The number of aryl methyl sites for hydroxylation is 2. The summed E-state index contributed by atoms with van der Waals surface area (Å²) in [7, 11) is 0. The summed E-state index contributed by atoms with van der Waals surface area (Å²) in [6, 6.07) is 10.9. The highest BCUT2D eigenvalue weighted by atomic mass is 16.5. The van der Waals surface area contributed by atoms with Crippen LogP contribution in [0.5, 0.6) is 0 Å². The maximum absolute atomic E-state index is 4.86. The standard InChI is InChI=1S/C19H27N3O.2C2H6/c1-17-6-8-19(9-7-17)22-14-12-21(13-15-22)11-4-2-3-5-18-10-16-23-20-18;2*1-2/h6-10,16H,2-5,11-15H2,1H3;2*1-2H3. The fraction of sp³-hybridized carbons (Fsp3) is 0.609. The zero-order valence-electron chi connectivity index (χ0n) is 18.1. The summed E-state index contributed by atoms with van der Waals surface area (Å²) in [6.45, 7) is 16.0. The fourth-order valence-corrected chi connectivity index (χ4v) is 3.17. The number of aromatic nitrogens is 1. The molecule has 0 spiro atoms. The number of piperazine rings is 1. The Bertz CT molecular complexity index is 558. The Hall–Kier alpha value is -1.81. The summed E-state index contributed by atoms with van der Waals surface area (Å²) in [6.07, 6.45) is 6.45. The summed E-state index contributed by atoms with van der Waals surface area (Å²) in [5, 5.41) is 3.96. The molecule has 1 fully saturated rings. The van der Waals surface area contributed by atoms with Gasteiger partial charge in [0.25, 0.3) is 0 Å². The van der Waals surface area contributed by atoms with Gasteiger partial charge in [0.05, 0.1) is 5.69 Å². The minimum atomic E-state index is 1.04. The first-order valence-corrected chi connectivity index (χ1v) is 10.7. The molecular formula is C23H39N3O. The molecule has 1 aliphatic heterocycles. The third kappa shape index (κ3) is 8.61. The number of anilines is 1. The van der Waals surface area contributed by atoms with Crippen LogP contribution in [0.3, 0.4) is 0 Å². The summed E-state index contributed by atoms with van der Waals surface area (Å²) >= 11 is 0. The van der Waals surface area contributed by atoms with Crippen LogP contribution in [0.1, 0.15) is 58.2 Å². The van der Waals surface area contributed by atoms with Crippen LogP contribution >= 0.6 is 0 Å². The normalized spacial score (nSPS) is 14.0. The Morgan fingerprint density at radius 3 is 2.11 bits per heavy atom. The van der Waals surface area contributed by atoms with E-state index in [1.54, 1.807) is 6.26 Å². The molecule has 0 aliphatic carbocycles. The first-order chi connectivity index (χ1) is 13.3. The molecule has 4 nitrogen and oxygen atoms in total. The van der Waals surface area contributed by atoms with E-state index in [-0.39, 0.29) is 0 Å². The molecule has 1 aliphatic rings. The van der Waals surface area contributed by atoms with Gasteiger partial charge < -0.3 is 9.42 Å². The lowest BCUT2D eigenvalue weighted by atomic mass is 10.1. The van der Waals surface area contributed by atoms with E-state index in [4.69, 9.17) is 4.52 Å². The SMILES string of the molecule is CC.CC.Cc1ccc(N2CCN(CCCCCc3ccon3)CC2)cc1. The maximum Gasteiger partial charge on any atom is 0.124 e. The minimum Gasteiger partial charge on any atom is -0.369 e. The average Bonchev–Trinajstić information content (AvgIpc) is 3.25. The molecule has 0 saturated carbocycles. The molecule has 1 aromatic carbocycles. The monoisotopic (exact) mass is 373 g/mol. The van der Waals surface area contributed by atoms with E-state index < -0.39 is 0 Å². The Balaban J connectivity index is 0.000000855. The lowest BCUT2D eigenvalue weighted by Gasteiger charge is -2.36. The van der Waals surface area contributed by atoms with Gasteiger partial charge >= 0.3 is 0 Å². The topological polar surface area (TPSA) is 32.5 Å². The molecule has 3 rings (SSSR count). The highest BCUT2D eigenvalue weighted by Crippen LogP contribution is 2.17. The van der Waals surface area contributed by atoms with Gasteiger partial charge in [0.2, 0.25) is 0 Å². The van der Waals surface area contributed by atoms with Crippen molar-refractivity contribution in [3.8, 4) is 0 Å². The Kier molecular flexibility index (Phi) is 12.3. The maximum atomic E-state index is 4.86. The number of hydrogen-bond acceptors (Lipinski definition) is 4. The quantitative estimate of drug-likeness (QED) is 0.594. The van der Waals surface area contributed by atoms with E-state index in [2.05, 4.69) is 46.1 Å². The van der Waals surface area contributed by atoms with Crippen LogP contribution in [-0.2, 0) is 6.42 Å². The molecule has 2 heterocycles. The molecule has 4 heteroatoms. The van der Waals surface area contributed by atoms with Crippen molar-refractivity contribution in [3.05, 3.63) is 47.9 Å². The van der Waals surface area contributed by atoms with Crippen molar-refractivity contribution >= 4 is 5.69 Å². The molecule has 1 saturated heterocycles. The van der Waals surface area contributed by atoms with Crippen LogP contribution in [0, 0.1) is 6.92 Å². The van der Waals surface area contributed by atoms with Gasteiger partial charge in [-0.1, -0.05) is 57.0 Å². The molecule has 0 bridgehead atoms. The highest BCUT2D eigenvalue weighted by Gasteiger charge is 2.16. The summed E-state index contributed by atoms with van der Waals surface area (Å²) in [4.78, 5) is 5.10. The first-order valence-electron chi connectivity index (χ1n) is 10.7. The number of benzene rings is 1. The van der Waals surface area contributed by atoms with Gasteiger partial charge in [0.1, 0.15) is 6.26 Å². The molecule has 152 valence electrons. The van der Waals surface area contributed by atoms with E-state index in [0.717, 1.165) is 25.2 Å². The van der Waals surface area contributed by atoms with Gasteiger partial charge in [-0.25, -0.2) is 0 Å². The minimum absolute atomic E-state index is 1.04. The van der Waals surface area contributed by atoms with Crippen molar-refractivity contribution in [1.82, 2.24) is 10.1 Å². The largest absolute Gasteiger partial charge is 0.369 e. The number of rotatable bonds is 7. The van der Waals surface area contributed by atoms with Gasteiger partial charge in [0.15, 0.2) is 0 Å². The van der Waals surface area contributed by atoms with Gasteiger partial charge in [-0.15, -0.1) is 0 Å². The number of hydrogen-bond donors (Lipinski definition) is 0. The van der Waals surface area contributed by atoms with Crippen molar-refractivity contribution in [1.29, 1.82) is 0 Å². The van der Waals surface area contributed by atoms with E-state index in [1.807, 2.05) is 33.8 Å². The predicted octanol–water partition coefficient (Wildman–Crippen LogP) is 5.57. The molecule has 1 aromatic heterocycles. The van der Waals surface area contributed by atoms with Crippen molar-refractivity contribution < 1.29 is 4.52 Å². The lowest BCUT2D eigenvalue weighted by Crippen LogP contribution is -2.46. The molecule has 0 radical (unpaired) electrons. The third-order valence-electron chi connectivity index (χ3n) is 4.67. The van der Waals surface area contributed by atoms with Crippen molar-refractivity contribution in [2.75, 3.05) is 37.6 Å². The molecule has 0 N–H and O–H groups in total. The number of nitrogens with zero attached hydrogens (tertiary/aromatic N) is 3. The zero-order chi connectivity index (χ0) is 19.9. The van der Waals surface area contributed by atoms with Gasteiger partial charge in [-0.2, -0.15) is 0 Å². The first kappa shape index (κ1) is 23.2. The summed E-state index contributed by atoms with van der Waals surface area (Å²) in [5.74, 6) is 0. The Morgan fingerprint density at radius 2 is 1.52 bits per heavy atom. The van der Waals surface area contributed by atoms with E-state index in [1.165, 1.54) is 50.1 Å². The van der Waals surface area contributed by atoms with Crippen LogP contribution in [0.25, 0.3) is 0 Å². The van der Waals surface area contributed by atoms with Gasteiger partial charge in [-0.05, 0) is 44.9 Å². The van der Waals surface area contributed by atoms with E-state index in [0.29, 0.717) is 0 Å². The molecule has 0 atom stereocenters. The predicted molar refractivity (Wildman–Crippen MR) is 117 cm³/mol. The number of unbranched alkanes of at least 4 members (excludes halogenated alkanes) is 2. The van der Waals surface area contributed by atoms with Gasteiger partial charge in [-0.3, -0.25) is 4.90 Å². The Morgan fingerprint density at radius 1 is 0.852 bits per heavy atom. The second-order valence-corrected chi connectivity index (χ2v) is 6.47. The third-order valence-corrected chi connectivity index (χ3v) is 4.67. The lowest BCUT2D eigenvalue weighted by molar-refractivity contribution is 0.252. The van der Waals surface area contributed by atoms with E-state index in [9.17, 15) is 0 Å². The molecular weight excluding hydrogens is 334 g/mol. The van der Waals surface area contributed by atoms with Crippen LogP contribution in [0.15, 0.2) is 41.1 Å². The average molecular weight is 374 g/mol. The second-order valence-electron chi connectivity index (χ2n) is 6.47. The molecule has 27 heavy (non-hydrogen) atoms. The van der Waals surface area contributed by atoms with E-state index >= 15 is 0 Å². The molecule has 2 aromatic rings. The highest BCUT2D eigenvalue weighted by molar-refractivity contribution is 5.47. The van der Waals surface area contributed by atoms with Crippen LogP contribution in [0.2, 0.25) is 0 Å². The van der Waals surface area contributed by atoms with Crippen molar-refractivity contribution in [2.45, 2.75) is 60.3 Å². The Labute approximate surface area is 166 Å². The summed E-state index contributed by atoms with van der Waals surface area (Å²) < 4.78 is 4.86. The van der Waals surface area contributed by atoms with Crippen LogP contribution < -0.4 is 4.90 Å². The summed E-state index contributed by atoms with van der Waals surface area (Å²) in [5.41, 5.74) is 3.78. The smallest absolute Gasteiger partial charge is 0.124 e. The van der Waals surface area contributed by atoms with Gasteiger partial charge in [0, 0.05) is 37.9 Å². The zero-order valence-corrected chi connectivity index (χ0v) is 18.1. The van der Waals surface area contributed by atoms with Crippen molar-refractivity contribution in [3.63, 3.8) is 0 Å². The van der Waals surface area contributed by atoms with Crippen LogP contribution in [-0.4, -0.2) is 42.8 Å². The molecule has 0 unspecified atom stereocenters. The fourth-order valence-electron chi connectivity index (χ4n) is 3.17. The molecule has 0 amide bonds.